The Morgan fingerprint density at radius 1 is 1.11 bits per heavy atom. The molecular weight excluding hydrogens is 248 g/mol. The Labute approximate surface area is 113 Å². The molecule has 18 heavy (non-hydrogen) atoms. The first-order chi connectivity index (χ1) is 8.02. The summed E-state index contributed by atoms with van der Waals surface area (Å²) in [6, 6.07) is 0. The molecule has 0 amide bonds. The van der Waals surface area contributed by atoms with Gasteiger partial charge < -0.3 is 5.73 Å². The maximum Gasteiger partial charge on any atom is 0.215 e. The lowest BCUT2D eigenvalue weighted by Gasteiger charge is -2.40. The minimum Gasteiger partial charge on any atom is -0.329 e. The Kier molecular flexibility index (Phi) is 6.30. The van der Waals surface area contributed by atoms with Crippen LogP contribution in [0.1, 0.15) is 54.4 Å². The van der Waals surface area contributed by atoms with Crippen molar-refractivity contribution in [3.05, 3.63) is 0 Å². The summed E-state index contributed by atoms with van der Waals surface area (Å²) in [5.41, 5.74) is 5.09. The van der Waals surface area contributed by atoms with Crippen LogP contribution in [0.2, 0.25) is 0 Å². The molecule has 110 valence electrons. The van der Waals surface area contributed by atoms with E-state index in [9.17, 15) is 8.42 Å². The van der Waals surface area contributed by atoms with E-state index in [1.807, 2.05) is 41.5 Å². The molecule has 5 heteroatoms. The number of nitrogens with two attached hydrogens (primary N) is 1. The van der Waals surface area contributed by atoms with E-state index in [2.05, 4.69) is 0 Å². The summed E-state index contributed by atoms with van der Waals surface area (Å²) in [7, 11) is -3.27. The lowest BCUT2D eigenvalue weighted by atomic mass is 9.99. The van der Waals surface area contributed by atoms with Gasteiger partial charge in [0.05, 0.1) is 5.75 Å². The van der Waals surface area contributed by atoms with Crippen molar-refractivity contribution in [1.82, 2.24) is 4.31 Å². The first-order valence-electron chi connectivity index (χ1n) is 6.73. The fourth-order valence-electron chi connectivity index (χ4n) is 2.00. The third-order valence-electron chi connectivity index (χ3n) is 3.18. The highest BCUT2D eigenvalue weighted by atomic mass is 32.2. The van der Waals surface area contributed by atoms with Crippen molar-refractivity contribution in [2.45, 2.75) is 59.9 Å². The van der Waals surface area contributed by atoms with Gasteiger partial charge in [-0.15, -0.1) is 0 Å². The molecule has 0 rings (SSSR count). The fraction of sp³-hybridized carbons (Fsp3) is 1.00. The van der Waals surface area contributed by atoms with E-state index in [0.717, 1.165) is 12.8 Å². The summed E-state index contributed by atoms with van der Waals surface area (Å²) in [5.74, 6) is 0.162. The third-order valence-corrected chi connectivity index (χ3v) is 5.71. The highest BCUT2D eigenvalue weighted by molar-refractivity contribution is 7.89. The number of nitrogens with zero attached hydrogens (tertiary/aromatic N) is 1. The lowest BCUT2D eigenvalue weighted by Crippen LogP contribution is -2.55. The number of hydrogen-bond acceptors (Lipinski definition) is 3. The van der Waals surface area contributed by atoms with Crippen LogP contribution in [0, 0.1) is 5.41 Å². The molecule has 0 aliphatic carbocycles. The molecule has 0 heterocycles. The molecule has 0 aromatic carbocycles. The molecule has 0 aromatic heterocycles. The van der Waals surface area contributed by atoms with E-state index >= 15 is 0 Å². The smallest absolute Gasteiger partial charge is 0.215 e. The van der Waals surface area contributed by atoms with Gasteiger partial charge in [-0.25, -0.2) is 8.42 Å². The van der Waals surface area contributed by atoms with Gasteiger partial charge in [-0.05, 0) is 25.2 Å². The topological polar surface area (TPSA) is 63.4 Å². The van der Waals surface area contributed by atoms with Gasteiger partial charge in [0.2, 0.25) is 10.0 Å². The van der Waals surface area contributed by atoms with Crippen LogP contribution < -0.4 is 5.73 Å². The minimum absolute atomic E-state index is 0.162. The van der Waals surface area contributed by atoms with E-state index < -0.39 is 15.6 Å². The summed E-state index contributed by atoms with van der Waals surface area (Å²) in [6.07, 6.45) is 1.53. The summed E-state index contributed by atoms with van der Waals surface area (Å²) >= 11 is 0. The van der Waals surface area contributed by atoms with Crippen molar-refractivity contribution in [1.29, 1.82) is 0 Å². The Hall–Kier alpha value is -0.130. The first kappa shape index (κ1) is 17.9. The normalized spacial score (nSPS) is 16.9. The van der Waals surface area contributed by atoms with Gasteiger partial charge in [0.25, 0.3) is 0 Å². The SMILES string of the molecule is CCCN(C(C)(CC)CN)S(=O)(=O)CC(C)(C)C. The molecule has 1 unspecified atom stereocenters. The highest BCUT2D eigenvalue weighted by Gasteiger charge is 2.38. The van der Waals surface area contributed by atoms with Crippen LogP contribution >= 0.6 is 0 Å². The molecule has 0 saturated heterocycles. The van der Waals surface area contributed by atoms with Gasteiger partial charge in [-0.2, -0.15) is 4.31 Å². The van der Waals surface area contributed by atoms with Crippen molar-refractivity contribution in [3.63, 3.8) is 0 Å². The standard InChI is InChI=1S/C13H30N2O2S/c1-7-9-15(13(6,8-2)10-14)18(16,17)11-12(3,4)5/h7-11,14H2,1-6H3. The van der Waals surface area contributed by atoms with Crippen LogP contribution in [-0.2, 0) is 10.0 Å². The van der Waals surface area contributed by atoms with Gasteiger partial charge in [0.1, 0.15) is 0 Å². The molecule has 0 aliphatic rings. The molecule has 0 saturated carbocycles. The summed E-state index contributed by atoms with van der Waals surface area (Å²) in [5, 5.41) is 0. The lowest BCUT2D eigenvalue weighted by molar-refractivity contribution is 0.203. The monoisotopic (exact) mass is 278 g/mol. The highest BCUT2D eigenvalue weighted by Crippen LogP contribution is 2.26. The quantitative estimate of drug-likeness (QED) is 0.776. The number of rotatable bonds is 7. The number of hydrogen-bond donors (Lipinski definition) is 1. The van der Waals surface area contributed by atoms with E-state index in [1.165, 1.54) is 0 Å². The van der Waals surface area contributed by atoms with Crippen molar-refractivity contribution in [2.24, 2.45) is 11.1 Å². The Bertz CT molecular complexity index is 340. The Morgan fingerprint density at radius 2 is 1.61 bits per heavy atom. The average Bonchev–Trinajstić information content (AvgIpc) is 2.21. The average molecular weight is 278 g/mol. The largest absolute Gasteiger partial charge is 0.329 e. The van der Waals surface area contributed by atoms with E-state index in [-0.39, 0.29) is 11.2 Å². The van der Waals surface area contributed by atoms with Crippen LogP contribution in [0.25, 0.3) is 0 Å². The second kappa shape index (κ2) is 6.35. The van der Waals surface area contributed by atoms with Crippen molar-refractivity contribution >= 4 is 10.0 Å². The molecular formula is C13H30N2O2S. The van der Waals surface area contributed by atoms with Crippen molar-refractivity contribution < 1.29 is 8.42 Å². The second-order valence-corrected chi connectivity index (χ2v) is 8.34. The van der Waals surface area contributed by atoms with Gasteiger partial charge >= 0.3 is 0 Å². The van der Waals surface area contributed by atoms with E-state index in [1.54, 1.807) is 4.31 Å². The zero-order chi connectivity index (χ0) is 14.6. The third kappa shape index (κ3) is 4.86. The summed E-state index contributed by atoms with van der Waals surface area (Å²) < 4.78 is 26.8. The van der Waals surface area contributed by atoms with Crippen LogP contribution in [0.5, 0.6) is 0 Å². The van der Waals surface area contributed by atoms with Gasteiger partial charge in [-0.1, -0.05) is 34.6 Å². The molecule has 0 radical (unpaired) electrons. The van der Waals surface area contributed by atoms with Gasteiger partial charge in [0.15, 0.2) is 0 Å². The van der Waals surface area contributed by atoms with Crippen LogP contribution in [-0.4, -0.2) is 37.1 Å². The molecule has 1 atom stereocenters. The molecule has 2 N–H and O–H groups in total. The summed E-state index contributed by atoms with van der Waals surface area (Å²) in [4.78, 5) is 0. The zero-order valence-corrected chi connectivity index (χ0v) is 13.6. The Balaban J connectivity index is 5.35. The van der Waals surface area contributed by atoms with Gasteiger partial charge in [-0.3, -0.25) is 0 Å². The number of sulfonamides is 1. The predicted molar refractivity (Wildman–Crippen MR) is 78.0 cm³/mol. The molecule has 0 spiro atoms. The van der Waals surface area contributed by atoms with Crippen LogP contribution in [0.3, 0.4) is 0 Å². The molecule has 0 aliphatic heterocycles. The van der Waals surface area contributed by atoms with Crippen LogP contribution in [0.4, 0.5) is 0 Å². The molecule has 4 nitrogen and oxygen atoms in total. The first-order valence-corrected chi connectivity index (χ1v) is 8.34. The maximum absolute atomic E-state index is 12.6. The zero-order valence-electron chi connectivity index (χ0n) is 12.8. The van der Waals surface area contributed by atoms with Crippen LogP contribution in [0.15, 0.2) is 0 Å². The Morgan fingerprint density at radius 3 is 1.89 bits per heavy atom. The van der Waals surface area contributed by atoms with Crippen molar-refractivity contribution in [2.75, 3.05) is 18.8 Å². The maximum atomic E-state index is 12.6. The summed E-state index contributed by atoms with van der Waals surface area (Å²) in [6.45, 7) is 12.6. The van der Waals surface area contributed by atoms with Crippen molar-refractivity contribution in [3.8, 4) is 0 Å². The minimum atomic E-state index is -3.27. The predicted octanol–water partition coefficient (Wildman–Crippen LogP) is 2.20. The fourth-order valence-corrected chi connectivity index (χ4v) is 4.58. The second-order valence-electron chi connectivity index (χ2n) is 6.44. The molecule has 0 aromatic rings. The van der Waals surface area contributed by atoms with E-state index in [0.29, 0.717) is 13.1 Å². The molecule has 0 bridgehead atoms. The molecule has 0 fully saturated rings. The van der Waals surface area contributed by atoms with Gasteiger partial charge in [0, 0.05) is 18.6 Å². The van der Waals surface area contributed by atoms with E-state index in [4.69, 9.17) is 5.73 Å².